The molecule has 0 amide bonds. The largest absolute Gasteiger partial charge is 0.298 e. The van der Waals surface area contributed by atoms with Crippen molar-refractivity contribution >= 4 is 6.29 Å². The van der Waals surface area contributed by atoms with Gasteiger partial charge in [0.05, 0.1) is 0 Å². The summed E-state index contributed by atoms with van der Waals surface area (Å²) in [5, 5.41) is 0. The van der Waals surface area contributed by atoms with Gasteiger partial charge in [-0.25, -0.2) is 0 Å². The van der Waals surface area contributed by atoms with Gasteiger partial charge < -0.3 is 0 Å². The zero-order valence-electron chi connectivity index (χ0n) is 10.0. The molecule has 0 spiro atoms. The molecule has 0 aromatic heterocycles. The number of rotatable bonds is 7. The van der Waals surface area contributed by atoms with Crippen LogP contribution in [0.15, 0.2) is 11.6 Å². The van der Waals surface area contributed by atoms with Crippen LogP contribution in [0.5, 0.6) is 0 Å². The van der Waals surface area contributed by atoms with E-state index in [1.54, 1.807) is 0 Å². The van der Waals surface area contributed by atoms with Crippen LogP contribution in [0, 0.1) is 11.8 Å². The van der Waals surface area contributed by atoms with Crippen LogP contribution in [-0.2, 0) is 4.79 Å². The third-order valence-corrected chi connectivity index (χ3v) is 2.43. The highest BCUT2D eigenvalue weighted by Crippen LogP contribution is 2.17. The first-order valence-corrected chi connectivity index (χ1v) is 5.79. The monoisotopic (exact) mass is 196 g/mol. The molecular formula is C13H24O. The summed E-state index contributed by atoms with van der Waals surface area (Å²) in [6.07, 6.45) is 7.66. The normalized spacial score (nSPS) is 14.5. The summed E-state index contributed by atoms with van der Waals surface area (Å²) in [4.78, 5) is 10.8. The lowest BCUT2D eigenvalue weighted by molar-refractivity contribution is -0.105. The number of aldehydes is 1. The van der Waals surface area contributed by atoms with Crippen molar-refractivity contribution < 1.29 is 4.79 Å². The van der Waals surface area contributed by atoms with Crippen LogP contribution < -0.4 is 0 Å². The SMILES string of the molecule is CCCC(/C=C(\C=O)CC(C)C)CC. The van der Waals surface area contributed by atoms with Gasteiger partial charge in [0.15, 0.2) is 0 Å². The first kappa shape index (κ1) is 13.4. The molecule has 0 radical (unpaired) electrons. The minimum absolute atomic E-state index is 0.575. The van der Waals surface area contributed by atoms with E-state index in [9.17, 15) is 4.79 Å². The zero-order valence-corrected chi connectivity index (χ0v) is 10.0. The van der Waals surface area contributed by atoms with E-state index in [1.807, 2.05) is 0 Å². The lowest BCUT2D eigenvalue weighted by Crippen LogP contribution is -1.99. The standard InChI is InChI=1S/C13H24O/c1-5-7-12(6-2)9-13(10-14)8-11(3)4/h9-12H,5-8H2,1-4H3/b13-9-. The average molecular weight is 196 g/mol. The molecule has 0 aliphatic heterocycles. The predicted octanol–water partition coefficient (Wildman–Crippen LogP) is 3.98. The van der Waals surface area contributed by atoms with Crippen molar-refractivity contribution in [1.29, 1.82) is 0 Å². The smallest absolute Gasteiger partial charge is 0.145 e. The average Bonchev–Trinajstić information content (AvgIpc) is 2.15. The van der Waals surface area contributed by atoms with E-state index in [0.717, 1.165) is 24.7 Å². The summed E-state index contributed by atoms with van der Waals surface area (Å²) in [6, 6.07) is 0. The highest BCUT2D eigenvalue weighted by molar-refractivity contribution is 5.73. The van der Waals surface area contributed by atoms with E-state index in [-0.39, 0.29) is 0 Å². The fourth-order valence-electron chi connectivity index (χ4n) is 1.71. The van der Waals surface area contributed by atoms with Gasteiger partial charge in [0.2, 0.25) is 0 Å². The molecule has 82 valence electrons. The van der Waals surface area contributed by atoms with Crippen molar-refractivity contribution in [2.24, 2.45) is 11.8 Å². The second kappa shape index (κ2) is 7.78. The molecule has 14 heavy (non-hydrogen) atoms. The third kappa shape index (κ3) is 5.95. The van der Waals surface area contributed by atoms with Crippen LogP contribution in [0.4, 0.5) is 0 Å². The van der Waals surface area contributed by atoms with E-state index in [0.29, 0.717) is 11.8 Å². The molecule has 1 heteroatoms. The van der Waals surface area contributed by atoms with E-state index >= 15 is 0 Å². The lowest BCUT2D eigenvalue weighted by Gasteiger charge is -2.11. The molecular weight excluding hydrogens is 172 g/mol. The molecule has 1 atom stereocenters. The van der Waals surface area contributed by atoms with Gasteiger partial charge in [0.1, 0.15) is 6.29 Å². The summed E-state index contributed by atoms with van der Waals surface area (Å²) in [7, 11) is 0. The highest BCUT2D eigenvalue weighted by atomic mass is 16.1. The van der Waals surface area contributed by atoms with Crippen molar-refractivity contribution in [1.82, 2.24) is 0 Å². The van der Waals surface area contributed by atoms with E-state index in [1.165, 1.54) is 12.8 Å². The molecule has 0 N–H and O–H groups in total. The van der Waals surface area contributed by atoms with Gasteiger partial charge in [-0.2, -0.15) is 0 Å². The molecule has 0 fully saturated rings. The van der Waals surface area contributed by atoms with Gasteiger partial charge in [-0.05, 0) is 36.7 Å². The van der Waals surface area contributed by atoms with Crippen molar-refractivity contribution in [2.45, 2.75) is 53.4 Å². The molecule has 0 rings (SSSR count). The Morgan fingerprint density at radius 1 is 1.29 bits per heavy atom. The molecule has 0 aliphatic rings. The van der Waals surface area contributed by atoms with Crippen LogP contribution in [0.2, 0.25) is 0 Å². The molecule has 1 unspecified atom stereocenters. The summed E-state index contributed by atoms with van der Waals surface area (Å²) >= 11 is 0. The molecule has 0 heterocycles. The van der Waals surface area contributed by atoms with Gasteiger partial charge in [0.25, 0.3) is 0 Å². The summed E-state index contributed by atoms with van der Waals surface area (Å²) in [6.45, 7) is 8.68. The quantitative estimate of drug-likeness (QED) is 0.444. The maximum atomic E-state index is 10.8. The van der Waals surface area contributed by atoms with E-state index in [4.69, 9.17) is 0 Å². The summed E-state index contributed by atoms with van der Waals surface area (Å²) in [5.74, 6) is 1.17. The van der Waals surface area contributed by atoms with Crippen molar-refractivity contribution in [3.05, 3.63) is 11.6 Å². The van der Waals surface area contributed by atoms with Gasteiger partial charge >= 0.3 is 0 Å². The predicted molar refractivity (Wildman–Crippen MR) is 62.3 cm³/mol. The Morgan fingerprint density at radius 2 is 1.93 bits per heavy atom. The molecule has 1 nitrogen and oxygen atoms in total. The zero-order chi connectivity index (χ0) is 11.0. The number of carbonyl (C=O) groups is 1. The Balaban J connectivity index is 4.29. The fraction of sp³-hybridized carbons (Fsp3) is 0.769. The van der Waals surface area contributed by atoms with Crippen LogP contribution in [0.3, 0.4) is 0 Å². The topological polar surface area (TPSA) is 17.1 Å². The van der Waals surface area contributed by atoms with Crippen molar-refractivity contribution in [3.8, 4) is 0 Å². The molecule has 0 aliphatic carbocycles. The van der Waals surface area contributed by atoms with Gasteiger partial charge in [0, 0.05) is 0 Å². The van der Waals surface area contributed by atoms with Gasteiger partial charge in [-0.3, -0.25) is 4.79 Å². The van der Waals surface area contributed by atoms with E-state index in [2.05, 4.69) is 33.8 Å². The minimum Gasteiger partial charge on any atom is -0.298 e. The first-order valence-electron chi connectivity index (χ1n) is 5.79. The number of hydrogen-bond donors (Lipinski definition) is 0. The lowest BCUT2D eigenvalue weighted by atomic mass is 9.95. The van der Waals surface area contributed by atoms with Crippen LogP contribution >= 0.6 is 0 Å². The Hall–Kier alpha value is -0.590. The second-order valence-corrected chi connectivity index (χ2v) is 4.41. The first-order chi connectivity index (χ1) is 6.63. The molecule has 0 saturated heterocycles. The summed E-state index contributed by atoms with van der Waals surface area (Å²) in [5.41, 5.74) is 0.986. The summed E-state index contributed by atoms with van der Waals surface area (Å²) < 4.78 is 0. The molecule has 0 saturated carbocycles. The minimum atomic E-state index is 0.575. The van der Waals surface area contributed by atoms with Gasteiger partial charge in [-0.1, -0.05) is 40.2 Å². The number of carbonyl (C=O) groups excluding carboxylic acids is 1. The second-order valence-electron chi connectivity index (χ2n) is 4.41. The van der Waals surface area contributed by atoms with Gasteiger partial charge in [-0.15, -0.1) is 0 Å². The Kier molecular flexibility index (Phi) is 7.45. The Bertz CT molecular complexity index is 180. The highest BCUT2D eigenvalue weighted by Gasteiger charge is 2.05. The van der Waals surface area contributed by atoms with Crippen molar-refractivity contribution in [2.75, 3.05) is 0 Å². The third-order valence-electron chi connectivity index (χ3n) is 2.43. The Labute approximate surface area is 88.6 Å². The van der Waals surface area contributed by atoms with Crippen LogP contribution in [-0.4, -0.2) is 6.29 Å². The maximum Gasteiger partial charge on any atom is 0.145 e. The van der Waals surface area contributed by atoms with Crippen LogP contribution in [0.1, 0.15) is 53.4 Å². The Morgan fingerprint density at radius 3 is 2.29 bits per heavy atom. The molecule has 0 aromatic rings. The van der Waals surface area contributed by atoms with Crippen LogP contribution in [0.25, 0.3) is 0 Å². The molecule has 0 aromatic carbocycles. The van der Waals surface area contributed by atoms with Crippen molar-refractivity contribution in [3.63, 3.8) is 0 Å². The fourth-order valence-corrected chi connectivity index (χ4v) is 1.71. The number of allylic oxidation sites excluding steroid dienone is 2. The number of hydrogen-bond acceptors (Lipinski definition) is 1. The van der Waals surface area contributed by atoms with E-state index < -0.39 is 0 Å². The molecule has 0 bridgehead atoms. The maximum absolute atomic E-state index is 10.8.